The van der Waals surface area contributed by atoms with Crippen molar-refractivity contribution in [2.24, 2.45) is 0 Å². The van der Waals surface area contributed by atoms with Crippen molar-refractivity contribution in [2.75, 3.05) is 19.5 Å². The van der Waals surface area contributed by atoms with E-state index in [1.54, 1.807) is 14.2 Å². The molecular formula is C23H20N4O4. The van der Waals surface area contributed by atoms with Gasteiger partial charge in [0.05, 0.1) is 26.1 Å². The van der Waals surface area contributed by atoms with Crippen molar-refractivity contribution in [1.82, 2.24) is 15.0 Å². The third-order valence-corrected chi connectivity index (χ3v) is 4.53. The summed E-state index contributed by atoms with van der Waals surface area (Å²) in [6.45, 7) is 0.162. The molecule has 4 aromatic rings. The molecule has 0 unspecified atom stereocenters. The minimum atomic E-state index is -0.617. The minimum Gasteiger partial charge on any atom is -0.493 e. The number of nitrogens with zero attached hydrogens (tertiary/aromatic N) is 3. The molecule has 0 bridgehead atoms. The summed E-state index contributed by atoms with van der Waals surface area (Å²) in [6, 6.07) is 18.6. The van der Waals surface area contributed by atoms with Gasteiger partial charge in [-0.15, -0.1) is 0 Å². The molecule has 8 heteroatoms. The number of nitrogens with one attached hydrogen (secondary N) is 1. The Kier molecular flexibility index (Phi) is 5.89. The topological polar surface area (TPSA) is 95.5 Å². The van der Waals surface area contributed by atoms with Crippen LogP contribution in [0.4, 0.5) is 10.6 Å². The maximum atomic E-state index is 12.1. The van der Waals surface area contributed by atoms with E-state index in [1.165, 1.54) is 6.20 Å². The molecule has 2 aromatic heterocycles. The Labute approximate surface area is 178 Å². The van der Waals surface area contributed by atoms with Gasteiger partial charge in [-0.1, -0.05) is 30.3 Å². The number of carbonyl (C=O) groups excluding carboxylic acids is 1. The molecule has 0 radical (unpaired) electrons. The van der Waals surface area contributed by atoms with E-state index in [0.29, 0.717) is 28.4 Å². The van der Waals surface area contributed by atoms with Crippen LogP contribution in [0, 0.1) is 0 Å². The molecule has 31 heavy (non-hydrogen) atoms. The summed E-state index contributed by atoms with van der Waals surface area (Å²) >= 11 is 0. The summed E-state index contributed by atoms with van der Waals surface area (Å²) in [7, 11) is 3.16. The third-order valence-electron chi connectivity index (χ3n) is 4.53. The Balaban J connectivity index is 1.52. The molecule has 0 spiro atoms. The predicted molar refractivity (Wildman–Crippen MR) is 116 cm³/mol. The highest BCUT2D eigenvalue weighted by Crippen LogP contribution is 2.32. The van der Waals surface area contributed by atoms with E-state index in [2.05, 4.69) is 20.3 Å². The van der Waals surface area contributed by atoms with Crippen LogP contribution in [0.15, 0.2) is 66.9 Å². The van der Waals surface area contributed by atoms with Gasteiger partial charge < -0.3 is 14.2 Å². The molecule has 0 aliphatic rings. The average molecular weight is 416 g/mol. The van der Waals surface area contributed by atoms with E-state index in [9.17, 15) is 4.79 Å². The van der Waals surface area contributed by atoms with Crippen molar-refractivity contribution < 1.29 is 19.0 Å². The number of ether oxygens (including phenoxy) is 3. The van der Waals surface area contributed by atoms with Crippen LogP contribution in [0.2, 0.25) is 0 Å². The van der Waals surface area contributed by atoms with E-state index in [-0.39, 0.29) is 12.4 Å². The molecule has 0 saturated heterocycles. The minimum absolute atomic E-state index is 0.162. The zero-order chi connectivity index (χ0) is 21.6. The summed E-state index contributed by atoms with van der Waals surface area (Å²) in [5.74, 6) is 1.49. The molecule has 2 aromatic carbocycles. The van der Waals surface area contributed by atoms with E-state index in [1.807, 2.05) is 60.7 Å². The number of rotatable bonds is 6. The highest BCUT2D eigenvalue weighted by atomic mass is 16.5. The number of fused-ring (bicyclic) bond motifs is 1. The maximum Gasteiger partial charge on any atom is 0.413 e. The van der Waals surface area contributed by atoms with Gasteiger partial charge in [-0.2, -0.15) is 0 Å². The zero-order valence-corrected chi connectivity index (χ0v) is 17.0. The van der Waals surface area contributed by atoms with Crippen LogP contribution >= 0.6 is 0 Å². The molecule has 4 rings (SSSR count). The second kappa shape index (κ2) is 9.08. The SMILES string of the molecule is COc1ccc(-c2ccc3ncc(NC(=O)OCc4ccccc4)nc3n2)cc1OC. The monoisotopic (exact) mass is 416 g/mol. The van der Waals surface area contributed by atoms with Crippen molar-refractivity contribution in [1.29, 1.82) is 0 Å². The van der Waals surface area contributed by atoms with Gasteiger partial charge in [0, 0.05) is 5.56 Å². The van der Waals surface area contributed by atoms with E-state index in [0.717, 1.165) is 11.1 Å². The predicted octanol–water partition coefficient (Wildman–Crippen LogP) is 4.46. The highest BCUT2D eigenvalue weighted by molar-refractivity contribution is 5.85. The Morgan fingerprint density at radius 1 is 0.935 bits per heavy atom. The zero-order valence-electron chi connectivity index (χ0n) is 17.0. The van der Waals surface area contributed by atoms with Gasteiger partial charge in [-0.25, -0.2) is 19.7 Å². The molecular weight excluding hydrogens is 396 g/mol. The van der Waals surface area contributed by atoms with Gasteiger partial charge in [0.25, 0.3) is 0 Å². The highest BCUT2D eigenvalue weighted by Gasteiger charge is 2.11. The molecule has 0 saturated carbocycles. The summed E-state index contributed by atoms with van der Waals surface area (Å²) in [4.78, 5) is 25.4. The first-order valence-electron chi connectivity index (χ1n) is 9.50. The first-order valence-corrected chi connectivity index (χ1v) is 9.50. The largest absolute Gasteiger partial charge is 0.493 e. The molecule has 1 amide bonds. The molecule has 156 valence electrons. The maximum absolute atomic E-state index is 12.1. The van der Waals surface area contributed by atoms with Crippen LogP contribution in [0.3, 0.4) is 0 Å². The van der Waals surface area contributed by atoms with Crippen molar-refractivity contribution in [2.45, 2.75) is 6.61 Å². The fourth-order valence-electron chi connectivity index (χ4n) is 2.98. The van der Waals surface area contributed by atoms with Gasteiger partial charge in [0.15, 0.2) is 23.0 Å². The Hall–Kier alpha value is -4.20. The third kappa shape index (κ3) is 4.69. The lowest BCUT2D eigenvalue weighted by Gasteiger charge is -2.10. The second-order valence-electron chi connectivity index (χ2n) is 6.55. The van der Waals surface area contributed by atoms with Crippen LogP contribution < -0.4 is 14.8 Å². The molecule has 0 fully saturated rings. The number of methoxy groups -OCH3 is 2. The number of amides is 1. The van der Waals surface area contributed by atoms with Crippen molar-refractivity contribution in [3.8, 4) is 22.8 Å². The van der Waals surface area contributed by atoms with Gasteiger partial charge in [0.1, 0.15) is 12.1 Å². The standard InChI is InChI=1S/C23H20N4O4/c1-29-19-11-8-16(12-20(19)30-2)17-9-10-18-22(25-17)26-21(13-24-18)27-23(28)31-14-15-6-4-3-5-7-15/h3-13H,14H2,1-2H3,(H,25,26,27,28). The summed E-state index contributed by atoms with van der Waals surface area (Å²) in [5.41, 5.74) is 3.41. The average Bonchev–Trinajstić information content (AvgIpc) is 2.82. The number of hydrogen-bond donors (Lipinski definition) is 1. The lowest BCUT2D eigenvalue weighted by atomic mass is 10.1. The second-order valence-corrected chi connectivity index (χ2v) is 6.55. The summed E-state index contributed by atoms with van der Waals surface area (Å²) in [6.07, 6.45) is 0.845. The van der Waals surface area contributed by atoms with E-state index >= 15 is 0 Å². The molecule has 1 N–H and O–H groups in total. The molecule has 0 aliphatic heterocycles. The van der Waals surface area contributed by atoms with Gasteiger partial charge in [0.2, 0.25) is 0 Å². The van der Waals surface area contributed by atoms with E-state index in [4.69, 9.17) is 14.2 Å². The van der Waals surface area contributed by atoms with Crippen LogP contribution in [-0.2, 0) is 11.3 Å². The molecule has 0 aliphatic carbocycles. The normalized spacial score (nSPS) is 10.5. The Morgan fingerprint density at radius 2 is 1.74 bits per heavy atom. The van der Waals surface area contributed by atoms with Gasteiger partial charge in [-0.05, 0) is 35.9 Å². The first kappa shape index (κ1) is 20.1. The lowest BCUT2D eigenvalue weighted by molar-refractivity contribution is 0.155. The van der Waals surface area contributed by atoms with Crippen molar-refractivity contribution in [3.05, 3.63) is 72.4 Å². The fourth-order valence-corrected chi connectivity index (χ4v) is 2.98. The number of carbonyl (C=O) groups is 1. The Morgan fingerprint density at radius 3 is 2.52 bits per heavy atom. The number of pyridine rings is 1. The van der Waals surface area contributed by atoms with Gasteiger partial charge >= 0.3 is 6.09 Å². The lowest BCUT2D eigenvalue weighted by Crippen LogP contribution is -2.14. The smallest absolute Gasteiger partial charge is 0.413 e. The van der Waals surface area contributed by atoms with Crippen LogP contribution in [0.1, 0.15) is 5.56 Å². The van der Waals surface area contributed by atoms with Crippen LogP contribution in [-0.4, -0.2) is 35.3 Å². The first-order chi connectivity index (χ1) is 15.2. The quantitative estimate of drug-likeness (QED) is 0.496. The number of benzene rings is 2. The van der Waals surface area contributed by atoms with Crippen molar-refractivity contribution >= 4 is 23.1 Å². The number of anilines is 1. The summed E-state index contributed by atoms with van der Waals surface area (Å²) in [5, 5.41) is 2.59. The number of hydrogen-bond acceptors (Lipinski definition) is 7. The molecule has 8 nitrogen and oxygen atoms in total. The Bertz CT molecular complexity index is 1210. The van der Waals surface area contributed by atoms with Crippen molar-refractivity contribution in [3.63, 3.8) is 0 Å². The fraction of sp³-hybridized carbons (Fsp3) is 0.130. The molecule has 2 heterocycles. The van der Waals surface area contributed by atoms with Crippen LogP contribution in [0.25, 0.3) is 22.4 Å². The molecule has 0 atom stereocenters. The summed E-state index contributed by atoms with van der Waals surface area (Å²) < 4.78 is 15.9. The van der Waals surface area contributed by atoms with E-state index < -0.39 is 6.09 Å². The number of aromatic nitrogens is 3. The van der Waals surface area contributed by atoms with Crippen LogP contribution in [0.5, 0.6) is 11.5 Å². The van der Waals surface area contributed by atoms with Gasteiger partial charge in [-0.3, -0.25) is 5.32 Å².